The van der Waals surface area contributed by atoms with Gasteiger partial charge in [0, 0.05) is 33.9 Å². The molecule has 1 heterocycles. The van der Waals surface area contributed by atoms with Crippen LogP contribution in [-0.4, -0.2) is 62.8 Å². The van der Waals surface area contributed by atoms with Gasteiger partial charge < -0.3 is 19.9 Å². The summed E-state index contributed by atoms with van der Waals surface area (Å²) in [7, 11) is 3.30. The molecule has 1 rings (SSSR count). The zero-order valence-electron chi connectivity index (χ0n) is 11.6. The maximum Gasteiger partial charge on any atom is 0.176 e. The minimum atomic E-state index is -0.329. The zero-order chi connectivity index (χ0) is 13.1. The van der Waals surface area contributed by atoms with E-state index in [1.54, 1.807) is 14.2 Å². The summed E-state index contributed by atoms with van der Waals surface area (Å²) in [5, 5.41) is 0. The highest BCUT2D eigenvalue weighted by Crippen LogP contribution is 2.25. The van der Waals surface area contributed by atoms with Crippen molar-refractivity contribution in [3.63, 3.8) is 0 Å². The Labute approximate surface area is 104 Å². The second-order valence-corrected chi connectivity index (χ2v) is 5.03. The number of morpholine rings is 1. The minimum absolute atomic E-state index is 0.207. The van der Waals surface area contributed by atoms with Crippen molar-refractivity contribution in [2.24, 2.45) is 5.73 Å². The molecule has 0 aliphatic carbocycles. The lowest BCUT2D eigenvalue weighted by atomic mass is 9.96. The smallest absolute Gasteiger partial charge is 0.176 e. The summed E-state index contributed by atoms with van der Waals surface area (Å²) in [6.07, 6.45) is 0.0861. The summed E-state index contributed by atoms with van der Waals surface area (Å²) in [5.41, 5.74) is 5.61. The molecule has 0 saturated carbocycles. The molecule has 2 N–H and O–H groups in total. The summed E-state index contributed by atoms with van der Waals surface area (Å²) in [5.74, 6) is 0. The molecule has 5 heteroatoms. The van der Waals surface area contributed by atoms with Crippen LogP contribution >= 0.6 is 0 Å². The van der Waals surface area contributed by atoms with Crippen LogP contribution in [0.2, 0.25) is 0 Å². The molecular weight excluding hydrogens is 220 g/mol. The van der Waals surface area contributed by atoms with Crippen LogP contribution in [0.5, 0.6) is 0 Å². The van der Waals surface area contributed by atoms with Gasteiger partial charge >= 0.3 is 0 Å². The first-order valence-electron chi connectivity index (χ1n) is 6.14. The van der Waals surface area contributed by atoms with Gasteiger partial charge in [0.2, 0.25) is 0 Å². The van der Waals surface area contributed by atoms with Crippen LogP contribution in [0, 0.1) is 0 Å². The Morgan fingerprint density at radius 1 is 1.29 bits per heavy atom. The second kappa shape index (κ2) is 6.11. The number of nitrogens with zero attached hydrogens (tertiary/aromatic N) is 1. The average molecular weight is 246 g/mol. The molecule has 102 valence electrons. The summed E-state index contributed by atoms with van der Waals surface area (Å²) in [6.45, 7) is 8.42. The molecule has 1 unspecified atom stereocenters. The molecule has 1 saturated heterocycles. The van der Waals surface area contributed by atoms with Crippen LogP contribution < -0.4 is 5.73 Å². The van der Waals surface area contributed by atoms with Crippen LogP contribution in [0.15, 0.2) is 0 Å². The fourth-order valence-electron chi connectivity index (χ4n) is 2.57. The van der Waals surface area contributed by atoms with Gasteiger partial charge in [-0.15, -0.1) is 0 Å². The van der Waals surface area contributed by atoms with Crippen molar-refractivity contribution < 1.29 is 14.2 Å². The van der Waals surface area contributed by atoms with Crippen molar-refractivity contribution in [3.05, 3.63) is 0 Å². The van der Waals surface area contributed by atoms with Gasteiger partial charge in [0.25, 0.3) is 0 Å². The monoisotopic (exact) mass is 246 g/mol. The van der Waals surface area contributed by atoms with Crippen molar-refractivity contribution in [1.29, 1.82) is 0 Å². The van der Waals surface area contributed by atoms with Gasteiger partial charge in [-0.2, -0.15) is 0 Å². The van der Waals surface area contributed by atoms with E-state index >= 15 is 0 Å². The van der Waals surface area contributed by atoms with E-state index in [1.807, 2.05) is 0 Å². The van der Waals surface area contributed by atoms with Gasteiger partial charge in [-0.05, 0) is 20.8 Å². The van der Waals surface area contributed by atoms with E-state index in [1.165, 1.54) is 0 Å². The molecule has 0 aromatic rings. The lowest BCUT2D eigenvalue weighted by Gasteiger charge is -2.48. The average Bonchev–Trinajstić information content (AvgIpc) is 2.28. The molecule has 0 bridgehead atoms. The quantitative estimate of drug-likeness (QED) is 0.713. The number of methoxy groups -OCH3 is 2. The maximum absolute atomic E-state index is 5.94. The molecule has 1 fully saturated rings. The highest BCUT2D eigenvalue weighted by atomic mass is 16.7. The topological polar surface area (TPSA) is 57.0 Å². The largest absolute Gasteiger partial charge is 0.373 e. The number of nitrogens with two attached hydrogens (primary N) is 1. The number of hydrogen-bond donors (Lipinski definition) is 1. The minimum Gasteiger partial charge on any atom is -0.373 e. The van der Waals surface area contributed by atoms with Gasteiger partial charge in [-0.3, -0.25) is 4.90 Å². The van der Waals surface area contributed by atoms with Crippen molar-refractivity contribution >= 4 is 0 Å². The molecule has 1 aliphatic heterocycles. The summed E-state index contributed by atoms with van der Waals surface area (Å²) < 4.78 is 16.5. The second-order valence-electron chi connectivity index (χ2n) is 5.03. The molecule has 0 spiro atoms. The first-order valence-corrected chi connectivity index (χ1v) is 6.14. The Hall–Kier alpha value is -0.200. The lowest BCUT2D eigenvalue weighted by molar-refractivity contribution is -0.203. The Balaban J connectivity index is 2.83. The van der Waals surface area contributed by atoms with Crippen LogP contribution in [0.1, 0.15) is 20.8 Å². The molecule has 0 aromatic carbocycles. The summed E-state index contributed by atoms with van der Waals surface area (Å²) in [4.78, 5) is 2.31. The Morgan fingerprint density at radius 2 is 1.76 bits per heavy atom. The molecular formula is C12H26N2O3. The third-order valence-corrected chi connectivity index (χ3v) is 3.49. The Bertz CT molecular complexity index is 226. The third kappa shape index (κ3) is 3.17. The van der Waals surface area contributed by atoms with Gasteiger partial charge in [0.1, 0.15) is 0 Å². The summed E-state index contributed by atoms with van der Waals surface area (Å²) in [6, 6.07) is 0. The molecule has 5 nitrogen and oxygen atoms in total. The number of rotatable bonds is 5. The molecule has 0 radical (unpaired) electrons. The van der Waals surface area contributed by atoms with Gasteiger partial charge in [0.15, 0.2) is 6.29 Å². The maximum atomic E-state index is 5.94. The van der Waals surface area contributed by atoms with Crippen LogP contribution in [0.4, 0.5) is 0 Å². The van der Waals surface area contributed by atoms with Gasteiger partial charge in [-0.25, -0.2) is 0 Å². The van der Waals surface area contributed by atoms with E-state index in [2.05, 4.69) is 25.7 Å². The van der Waals surface area contributed by atoms with E-state index in [4.69, 9.17) is 19.9 Å². The third-order valence-electron chi connectivity index (χ3n) is 3.49. The van der Waals surface area contributed by atoms with Crippen LogP contribution in [0.3, 0.4) is 0 Å². The fourth-order valence-corrected chi connectivity index (χ4v) is 2.57. The molecule has 0 aromatic heterocycles. The Kier molecular flexibility index (Phi) is 5.34. The van der Waals surface area contributed by atoms with E-state index in [0.717, 1.165) is 13.1 Å². The SMILES string of the molecule is COC(OC)C(C)(CN)N1C[C@@H](C)O[C@@H](C)C1. The van der Waals surface area contributed by atoms with Crippen molar-refractivity contribution in [1.82, 2.24) is 4.90 Å². The Morgan fingerprint density at radius 3 is 2.12 bits per heavy atom. The predicted octanol–water partition coefficient (Wildman–Crippen LogP) is 0.432. The van der Waals surface area contributed by atoms with Crippen molar-refractivity contribution in [2.45, 2.75) is 44.8 Å². The fraction of sp³-hybridized carbons (Fsp3) is 1.00. The van der Waals surface area contributed by atoms with Gasteiger partial charge in [0.05, 0.1) is 17.7 Å². The zero-order valence-corrected chi connectivity index (χ0v) is 11.6. The number of ether oxygens (including phenoxy) is 3. The van der Waals surface area contributed by atoms with E-state index < -0.39 is 0 Å². The first-order chi connectivity index (χ1) is 7.97. The molecule has 0 amide bonds. The van der Waals surface area contributed by atoms with E-state index in [0.29, 0.717) is 6.54 Å². The molecule has 17 heavy (non-hydrogen) atoms. The van der Waals surface area contributed by atoms with Crippen molar-refractivity contribution in [3.8, 4) is 0 Å². The highest BCUT2D eigenvalue weighted by Gasteiger charge is 2.42. The highest BCUT2D eigenvalue weighted by molar-refractivity contribution is 4.94. The first kappa shape index (κ1) is 14.9. The summed E-state index contributed by atoms with van der Waals surface area (Å²) >= 11 is 0. The normalized spacial score (nSPS) is 30.5. The van der Waals surface area contributed by atoms with E-state index in [-0.39, 0.29) is 24.0 Å². The molecule has 3 atom stereocenters. The predicted molar refractivity (Wildman–Crippen MR) is 66.8 cm³/mol. The van der Waals surface area contributed by atoms with Gasteiger partial charge in [-0.1, -0.05) is 0 Å². The van der Waals surface area contributed by atoms with Crippen molar-refractivity contribution in [2.75, 3.05) is 33.9 Å². The van der Waals surface area contributed by atoms with E-state index in [9.17, 15) is 0 Å². The van der Waals surface area contributed by atoms with Crippen LogP contribution in [0.25, 0.3) is 0 Å². The lowest BCUT2D eigenvalue weighted by Crippen LogP contribution is -2.65. The standard InChI is InChI=1S/C12H26N2O3/c1-9-6-14(7-10(2)17-9)12(3,8-13)11(15-4)16-5/h9-11H,6-8,13H2,1-5H3/t9-,10+,12?. The number of hydrogen-bond acceptors (Lipinski definition) is 5. The van der Waals surface area contributed by atoms with Crippen LogP contribution in [-0.2, 0) is 14.2 Å². The molecule has 1 aliphatic rings.